The number of hydrogen-bond donors (Lipinski definition) is 1. The summed E-state index contributed by atoms with van der Waals surface area (Å²) in [6, 6.07) is 5.64. The maximum atomic E-state index is 6.03. The third kappa shape index (κ3) is 3.46. The van der Waals surface area contributed by atoms with E-state index in [0.717, 1.165) is 28.1 Å². The van der Waals surface area contributed by atoms with Gasteiger partial charge in [0.25, 0.3) is 0 Å². The summed E-state index contributed by atoms with van der Waals surface area (Å²) in [5, 5.41) is 0.744. The lowest BCUT2D eigenvalue weighted by Gasteiger charge is -2.12. The number of benzene rings is 1. The normalized spacial score (nSPS) is 11.1. The lowest BCUT2D eigenvalue weighted by atomic mass is 10.3. The Balaban J connectivity index is 1.75. The number of aromatic nitrogens is 6. The molecule has 144 valence electrons. The fourth-order valence-electron chi connectivity index (χ4n) is 2.81. The van der Waals surface area contributed by atoms with Gasteiger partial charge in [0.1, 0.15) is 17.8 Å². The van der Waals surface area contributed by atoms with Gasteiger partial charge in [0.2, 0.25) is 0 Å². The number of nitrogens with two attached hydrogens (primary N) is 1. The average molecular weight is 397 g/mol. The van der Waals surface area contributed by atoms with Crippen molar-refractivity contribution in [2.24, 2.45) is 0 Å². The Labute approximate surface area is 165 Å². The van der Waals surface area contributed by atoms with Crippen molar-refractivity contribution in [3.63, 3.8) is 0 Å². The zero-order valence-electron chi connectivity index (χ0n) is 15.4. The second-order valence-electron chi connectivity index (χ2n) is 5.90. The number of hydrogen-bond acceptors (Lipinski definition) is 8. The van der Waals surface area contributed by atoms with Crippen molar-refractivity contribution in [1.82, 2.24) is 29.1 Å². The topological polar surface area (TPSA) is 106 Å². The number of fused-ring (bicyclic) bond motifs is 1. The molecule has 0 fully saturated rings. The van der Waals surface area contributed by atoms with E-state index in [1.807, 2.05) is 33.5 Å². The lowest BCUT2D eigenvalue weighted by Crippen LogP contribution is -2.08. The Hall–Kier alpha value is -3.27. The number of aryl methyl sites for hydroxylation is 2. The van der Waals surface area contributed by atoms with Crippen LogP contribution < -0.4 is 15.2 Å². The number of ether oxygens (including phenoxy) is 2. The first-order chi connectivity index (χ1) is 13.7. The van der Waals surface area contributed by atoms with Gasteiger partial charge in [-0.25, -0.2) is 19.9 Å². The molecule has 0 spiro atoms. The average Bonchev–Trinajstić information content (AvgIpc) is 3.35. The summed E-state index contributed by atoms with van der Waals surface area (Å²) in [5.41, 5.74) is 7.30. The van der Waals surface area contributed by atoms with Crippen molar-refractivity contribution in [3.05, 3.63) is 43.2 Å². The van der Waals surface area contributed by atoms with E-state index in [9.17, 15) is 0 Å². The van der Waals surface area contributed by atoms with Gasteiger partial charge in [-0.05, 0) is 30.0 Å². The zero-order chi connectivity index (χ0) is 19.5. The first-order valence-corrected chi connectivity index (χ1v) is 9.33. The molecule has 0 saturated carbocycles. The molecule has 9 nitrogen and oxygen atoms in total. The molecule has 0 saturated heterocycles. The van der Waals surface area contributed by atoms with Crippen molar-refractivity contribution < 1.29 is 9.47 Å². The maximum absolute atomic E-state index is 6.03. The minimum atomic E-state index is 0.353. The van der Waals surface area contributed by atoms with E-state index in [2.05, 4.69) is 15.0 Å². The van der Waals surface area contributed by atoms with Gasteiger partial charge in [-0.1, -0.05) is 0 Å². The first kappa shape index (κ1) is 18.1. The van der Waals surface area contributed by atoms with E-state index in [-0.39, 0.29) is 0 Å². The SMILES string of the molecule is COc1ccc(OC)c(Sc2nc3c(N)ncnc3n2CCn2ccnc2)c1. The van der Waals surface area contributed by atoms with Crippen LogP contribution in [0.15, 0.2) is 53.3 Å². The van der Waals surface area contributed by atoms with Crippen LogP contribution in [0.3, 0.4) is 0 Å². The van der Waals surface area contributed by atoms with Gasteiger partial charge in [0, 0.05) is 25.5 Å². The van der Waals surface area contributed by atoms with E-state index < -0.39 is 0 Å². The monoisotopic (exact) mass is 397 g/mol. The molecule has 0 bridgehead atoms. The van der Waals surface area contributed by atoms with Crippen molar-refractivity contribution in [3.8, 4) is 11.5 Å². The molecule has 0 atom stereocenters. The van der Waals surface area contributed by atoms with Crippen molar-refractivity contribution in [1.29, 1.82) is 0 Å². The molecule has 0 aliphatic heterocycles. The minimum Gasteiger partial charge on any atom is -0.497 e. The standard InChI is InChI=1S/C18H19N7O2S/c1-26-12-3-4-13(27-2)14(9-12)28-18-23-15-16(19)21-10-22-17(15)25(18)8-7-24-6-5-20-11-24/h3-6,9-11H,7-8H2,1-2H3,(H2,19,21,22). The van der Waals surface area contributed by atoms with Crippen LogP contribution in [0.25, 0.3) is 11.2 Å². The number of methoxy groups -OCH3 is 2. The van der Waals surface area contributed by atoms with Crippen molar-refractivity contribution in [2.45, 2.75) is 23.1 Å². The van der Waals surface area contributed by atoms with E-state index in [1.165, 1.54) is 18.1 Å². The molecule has 3 heterocycles. The highest BCUT2D eigenvalue weighted by atomic mass is 32.2. The van der Waals surface area contributed by atoms with Gasteiger partial charge in [-0.3, -0.25) is 0 Å². The molecule has 0 aliphatic carbocycles. The Morgan fingerprint density at radius 3 is 2.79 bits per heavy atom. The molecular weight excluding hydrogens is 378 g/mol. The summed E-state index contributed by atoms with van der Waals surface area (Å²) in [6.45, 7) is 1.37. The van der Waals surface area contributed by atoms with Crippen LogP contribution in [0.1, 0.15) is 0 Å². The summed E-state index contributed by atoms with van der Waals surface area (Å²) in [6.07, 6.45) is 6.90. The summed E-state index contributed by atoms with van der Waals surface area (Å²) in [4.78, 5) is 18.1. The molecule has 4 rings (SSSR count). The summed E-state index contributed by atoms with van der Waals surface area (Å²) >= 11 is 1.47. The van der Waals surface area contributed by atoms with Gasteiger partial charge in [-0.2, -0.15) is 0 Å². The first-order valence-electron chi connectivity index (χ1n) is 8.52. The number of rotatable bonds is 7. The van der Waals surface area contributed by atoms with E-state index in [1.54, 1.807) is 26.7 Å². The Morgan fingerprint density at radius 1 is 1.14 bits per heavy atom. The predicted molar refractivity (Wildman–Crippen MR) is 106 cm³/mol. The zero-order valence-corrected chi connectivity index (χ0v) is 16.3. The van der Waals surface area contributed by atoms with Crippen LogP contribution in [0.5, 0.6) is 11.5 Å². The lowest BCUT2D eigenvalue weighted by molar-refractivity contribution is 0.394. The third-order valence-electron chi connectivity index (χ3n) is 4.24. The van der Waals surface area contributed by atoms with Crippen LogP contribution in [0.4, 0.5) is 5.82 Å². The number of anilines is 1. The van der Waals surface area contributed by atoms with Crippen LogP contribution in [0, 0.1) is 0 Å². The second kappa shape index (κ2) is 7.77. The van der Waals surface area contributed by atoms with Crippen LogP contribution in [-0.4, -0.2) is 43.3 Å². The van der Waals surface area contributed by atoms with Gasteiger partial charge in [0.05, 0.1) is 25.4 Å². The molecule has 1 aromatic carbocycles. The molecule has 3 aromatic heterocycles. The van der Waals surface area contributed by atoms with E-state index >= 15 is 0 Å². The predicted octanol–water partition coefficient (Wildman–Crippen LogP) is 2.47. The summed E-state index contributed by atoms with van der Waals surface area (Å²) in [5.74, 6) is 1.83. The maximum Gasteiger partial charge on any atom is 0.175 e. The number of nitrogens with zero attached hydrogens (tertiary/aromatic N) is 6. The summed E-state index contributed by atoms with van der Waals surface area (Å²) < 4.78 is 14.9. The van der Waals surface area contributed by atoms with Crippen molar-refractivity contribution >= 4 is 28.7 Å². The van der Waals surface area contributed by atoms with Gasteiger partial charge >= 0.3 is 0 Å². The molecule has 28 heavy (non-hydrogen) atoms. The Kier molecular flexibility index (Phi) is 5.02. The second-order valence-corrected chi connectivity index (χ2v) is 6.91. The number of nitrogen functional groups attached to an aromatic ring is 1. The largest absolute Gasteiger partial charge is 0.497 e. The van der Waals surface area contributed by atoms with E-state index in [4.69, 9.17) is 20.2 Å². The van der Waals surface area contributed by atoms with Crippen LogP contribution >= 0.6 is 11.8 Å². The smallest absolute Gasteiger partial charge is 0.175 e. The molecule has 2 N–H and O–H groups in total. The fraction of sp³-hybridized carbons (Fsp3) is 0.222. The molecule has 0 aliphatic rings. The Morgan fingerprint density at radius 2 is 2.04 bits per heavy atom. The highest BCUT2D eigenvalue weighted by Gasteiger charge is 2.18. The molecule has 10 heteroatoms. The molecule has 0 radical (unpaired) electrons. The van der Waals surface area contributed by atoms with Gasteiger partial charge < -0.3 is 24.3 Å². The van der Waals surface area contributed by atoms with Crippen LogP contribution in [0.2, 0.25) is 0 Å². The third-order valence-corrected chi connectivity index (χ3v) is 5.27. The molecule has 0 unspecified atom stereocenters. The van der Waals surface area contributed by atoms with Crippen molar-refractivity contribution in [2.75, 3.05) is 20.0 Å². The minimum absolute atomic E-state index is 0.353. The summed E-state index contributed by atoms with van der Waals surface area (Å²) in [7, 11) is 3.27. The highest BCUT2D eigenvalue weighted by Crippen LogP contribution is 2.38. The Bertz CT molecular complexity index is 1090. The highest BCUT2D eigenvalue weighted by molar-refractivity contribution is 7.99. The number of imidazole rings is 2. The van der Waals surface area contributed by atoms with Crippen LogP contribution in [-0.2, 0) is 13.1 Å². The quantitative estimate of drug-likeness (QED) is 0.507. The fourth-order valence-corrected chi connectivity index (χ4v) is 3.86. The van der Waals surface area contributed by atoms with E-state index in [0.29, 0.717) is 23.5 Å². The molecule has 4 aromatic rings. The molecular formula is C18H19N7O2S. The van der Waals surface area contributed by atoms with Gasteiger partial charge in [0.15, 0.2) is 22.1 Å². The molecule has 0 amide bonds. The van der Waals surface area contributed by atoms with Gasteiger partial charge in [-0.15, -0.1) is 0 Å².